The minimum absolute atomic E-state index is 0.0129. The highest BCUT2D eigenvalue weighted by atomic mass is 16.2. The molecule has 0 radical (unpaired) electrons. The molecule has 2 aliphatic rings. The van der Waals surface area contributed by atoms with Crippen molar-refractivity contribution in [1.29, 1.82) is 0 Å². The van der Waals surface area contributed by atoms with Gasteiger partial charge < -0.3 is 10.6 Å². The van der Waals surface area contributed by atoms with Crippen LogP contribution in [0.4, 0.5) is 0 Å². The molecule has 2 atom stereocenters. The lowest BCUT2D eigenvalue weighted by molar-refractivity contribution is -0.126. The van der Waals surface area contributed by atoms with Crippen LogP contribution in [-0.2, 0) is 4.79 Å². The van der Waals surface area contributed by atoms with E-state index >= 15 is 0 Å². The molecule has 1 heterocycles. The third kappa shape index (κ3) is 3.19. The summed E-state index contributed by atoms with van der Waals surface area (Å²) in [6.45, 7) is 11.3. The first kappa shape index (κ1) is 12.8. The number of carbonyl (C=O) groups is 1. The van der Waals surface area contributed by atoms with E-state index in [1.807, 2.05) is 6.92 Å². The molecule has 0 bridgehead atoms. The van der Waals surface area contributed by atoms with Crippen LogP contribution in [0.2, 0.25) is 0 Å². The van der Waals surface area contributed by atoms with Crippen LogP contribution in [-0.4, -0.2) is 49.6 Å². The quantitative estimate of drug-likeness (QED) is 0.748. The maximum Gasteiger partial charge on any atom is 0.237 e. The number of nitrogens with zero attached hydrogens (tertiary/aromatic N) is 1. The molecular formula is C13H25N3O. The first-order valence-corrected chi connectivity index (χ1v) is 6.73. The summed E-state index contributed by atoms with van der Waals surface area (Å²) >= 11 is 0. The van der Waals surface area contributed by atoms with Crippen molar-refractivity contribution >= 4 is 5.91 Å². The van der Waals surface area contributed by atoms with Crippen LogP contribution in [0.25, 0.3) is 0 Å². The monoisotopic (exact) mass is 239 g/mol. The molecule has 0 spiro atoms. The summed E-state index contributed by atoms with van der Waals surface area (Å²) in [5.74, 6) is 0.872. The third-order valence-corrected chi connectivity index (χ3v) is 4.32. The second-order valence-electron chi connectivity index (χ2n) is 6.10. The van der Waals surface area contributed by atoms with Crippen LogP contribution in [0.5, 0.6) is 0 Å². The molecule has 1 saturated carbocycles. The Labute approximate surface area is 104 Å². The van der Waals surface area contributed by atoms with Gasteiger partial charge in [-0.15, -0.1) is 0 Å². The van der Waals surface area contributed by atoms with Crippen molar-refractivity contribution in [2.75, 3.05) is 32.7 Å². The molecule has 17 heavy (non-hydrogen) atoms. The summed E-state index contributed by atoms with van der Waals surface area (Å²) in [5.41, 5.74) is 0.450. The molecule has 1 amide bonds. The highest BCUT2D eigenvalue weighted by Crippen LogP contribution is 2.50. The van der Waals surface area contributed by atoms with Crippen molar-refractivity contribution in [3.63, 3.8) is 0 Å². The standard InChI is InChI=1S/C13H25N3O/c1-10(16-6-4-14-5-7-16)12(17)15-9-11-8-13(11,2)3/h10-11,14H,4-9H2,1-3H3,(H,15,17). The molecule has 1 aliphatic carbocycles. The van der Waals surface area contributed by atoms with E-state index in [0.717, 1.165) is 32.7 Å². The Morgan fingerprint density at radius 3 is 2.59 bits per heavy atom. The van der Waals surface area contributed by atoms with Crippen molar-refractivity contribution in [2.24, 2.45) is 11.3 Å². The highest BCUT2D eigenvalue weighted by molar-refractivity contribution is 5.81. The smallest absolute Gasteiger partial charge is 0.237 e. The molecule has 2 rings (SSSR count). The van der Waals surface area contributed by atoms with Gasteiger partial charge in [0.2, 0.25) is 5.91 Å². The van der Waals surface area contributed by atoms with E-state index in [0.29, 0.717) is 11.3 Å². The number of hydrogen-bond acceptors (Lipinski definition) is 3. The van der Waals surface area contributed by atoms with Gasteiger partial charge in [-0.25, -0.2) is 0 Å². The van der Waals surface area contributed by atoms with Gasteiger partial charge in [0.15, 0.2) is 0 Å². The summed E-state index contributed by atoms with van der Waals surface area (Å²) in [6, 6.07) is 0.0129. The van der Waals surface area contributed by atoms with Crippen LogP contribution in [0.3, 0.4) is 0 Å². The largest absolute Gasteiger partial charge is 0.354 e. The van der Waals surface area contributed by atoms with E-state index < -0.39 is 0 Å². The van der Waals surface area contributed by atoms with E-state index in [9.17, 15) is 4.79 Å². The Morgan fingerprint density at radius 2 is 2.06 bits per heavy atom. The summed E-state index contributed by atoms with van der Waals surface area (Å²) in [6.07, 6.45) is 1.25. The van der Waals surface area contributed by atoms with Gasteiger partial charge in [0.05, 0.1) is 6.04 Å². The lowest BCUT2D eigenvalue weighted by atomic mass is 10.1. The second-order valence-corrected chi connectivity index (χ2v) is 6.10. The molecule has 0 aromatic rings. The average molecular weight is 239 g/mol. The molecule has 4 heteroatoms. The summed E-state index contributed by atoms with van der Waals surface area (Å²) in [5, 5.41) is 6.40. The number of piperazine rings is 1. The van der Waals surface area contributed by atoms with Gasteiger partial charge in [0.25, 0.3) is 0 Å². The Kier molecular flexibility index (Phi) is 3.73. The number of amides is 1. The van der Waals surface area contributed by atoms with Gasteiger partial charge in [0, 0.05) is 32.7 Å². The van der Waals surface area contributed by atoms with Crippen molar-refractivity contribution in [1.82, 2.24) is 15.5 Å². The first-order valence-electron chi connectivity index (χ1n) is 6.73. The van der Waals surface area contributed by atoms with E-state index in [4.69, 9.17) is 0 Å². The number of hydrogen-bond donors (Lipinski definition) is 2. The number of nitrogens with one attached hydrogen (secondary N) is 2. The van der Waals surface area contributed by atoms with E-state index in [1.54, 1.807) is 0 Å². The molecule has 2 fully saturated rings. The lowest BCUT2D eigenvalue weighted by Gasteiger charge is -2.31. The lowest BCUT2D eigenvalue weighted by Crippen LogP contribution is -2.52. The highest BCUT2D eigenvalue weighted by Gasteiger charge is 2.45. The van der Waals surface area contributed by atoms with Crippen molar-refractivity contribution in [3.05, 3.63) is 0 Å². The van der Waals surface area contributed by atoms with Gasteiger partial charge in [-0.1, -0.05) is 13.8 Å². The van der Waals surface area contributed by atoms with Crippen LogP contribution >= 0.6 is 0 Å². The molecule has 4 nitrogen and oxygen atoms in total. The zero-order valence-electron chi connectivity index (χ0n) is 11.3. The van der Waals surface area contributed by atoms with E-state index in [1.165, 1.54) is 6.42 Å². The maximum atomic E-state index is 12.0. The molecule has 0 aromatic heterocycles. The Hall–Kier alpha value is -0.610. The van der Waals surface area contributed by atoms with Gasteiger partial charge in [-0.2, -0.15) is 0 Å². The molecule has 2 unspecified atom stereocenters. The third-order valence-electron chi connectivity index (χ3n) is 4.32. The van der Waals surface area contributed by atoms with E-state index in [2.05, 4.69) is 29.4 Å². The summed E-state index contributed by atoms with van der Waals surface area (Å²) in [4.78, 5) is 14.3. The van der Waals surface area contributed by atoms with Crippen molar-refractivity contribution in [2.45, 2.75) is 33.2 Å². The fraction of sp³-hybridized carbons (Fsp3) is 0.923. The summed E-state index contributed by atoms with van der Waals surface area (Å²) < 4.78 is 0. The zero-order valence-corrected chi connectivity index (χ0v) is 11.3. The zero-order chi connectivity index (χ0) is 12.5. The van der Waals surface area contributed by atoms with E-state index in [-0.39, 0.29) is 11.9 Å². The Balaban J connectivity index is 1.71. The fourth-order valence-corrected chi connectivity index (χ4v) is 2.53. The minimum Gasteiger partial charge on any atom is -0.354 e. The maximum absolute atomic E-state index is 12.0. The molecule has 2 N–H and O–H groups in total. The van der Waals surface area contributed by atoms with Crippen LogP contribution in [0, 0.1) is 11.3 Å². The van der Waals surface area contributed by atoms with Gasteiger partial charge in [0.1, 0.15) is 0 Å². The van der Waals surface area contributed by atoms with Crippen molar-refractivity contribution < 1.29 is 4.79 Å². The van der Waals surface area contributed by atoms with Crippen LogP contribution < -0.4 is 10.6 Å². The molecule has 1 saturated heterocycles. The minimum atomic E-state index is 0.0129. The normalized spacial score (nSPS) is 29.7. The predicted octanol–water partition coefficient (Wildman–Crippen LogP) is 0.442. The van der Waals surface area contributed by atoms with Gasteiger partial charge >= 0.3 is 0 Å². The predicted molar refractivity (Wildman–Crippen MR) is 68.8 cm³/mol. The molecule has 1 aliphatic heterocycles. The van der Waals surface area contributed by atoms with Gasteiger partial charge in [-0.05, 0) is 24.7 Å². The topological polar surface area (TPSA) is 44.4 Å². The fourth-order valence-electron chi connectivity index (χ4n) is 2.53. The second kappa shape index (κ2) is 4.94. The first-order chi connectivity index (χ1) is 8.00. The van der Waals surface area contributed by atoms with Crippen LogP contribution in [0.15, 0.2) is 0 Å². The molecule has 98 valence electrons. The number of rotatable bonds is 4. The SMILES string of the molecule is CC(C(=O)NCC1CC1(C)C)N1CCNCC1. The molecular weight excluding hydrogens is 214 g/mol. The summed E-state index contributed by atoms with van der Waals surface area (Å²) in [7, 11) is 0. The Bertz CT molecular complexity index is 284. The Morgan fingerprint density at radius 1 is 1.47 bits per heavy atom. The number of carbonyl (C=O) groups excluding carboxylic acids is 1. The average Bonchev–Trinajstić information content (AvgIpc) is 2.94. The molecule has 0 aromatic carbocycles. The van der Waals surface area contributed by atoms with Crippen molar-refractivity contribution in [3.8, 4) is 0 Å². The van der Waals surface area contributed by atoms with Crippen LogP contribution in [0.1, 0.15) is 27.2 Å². The van der Waals surface area contributed by atoms with Gasteiger partial charge in [-0.3, -0.25) is 9.69 Å².